The van der Waals surface area contributed by atoms with E-state index < -0.39 is 17.6 Å². The van der Waals surface area contributed by atoms with E-state index in [1.165, 1.54) is 0 Å². The SMILES string of the molecule is C/C=C/CBr.C/C=C/CC.C/C=C/CC.CC[C@H]1C(=O)N[C@@H]1C.CC[C@H]1C(=O)N[C@@H]1C.O=C1[N-]C(=O)c2ccccc21.S=CI.[B]C(=O)NC[C@H]1C(=O)N[C@@H]1C.[K+]. The molecule has 6 amide bonds. The maximum absolute atomic E-state index is 10.9. The van der Waals surface area contributed by atoms with Gasteiger partial charge in [-0.3, -0.25) is 19.2 Å². The van der Waals surface area contributed by atoms with E-state index in [4.69, 9.17) is 7.85 Å². The van der Waals surface area contributed by atoms with Crippen LogP contribution in [0, 0.1) is 17.8 Å². The molecule has 0 aromatic heterocycles. The van der Waals surface area contributed by atoms with Crippen LogP contribution >= 0.6 is 50.7 Å². The quantitative estimate of drug-likeness (QED) is 0.0398. The van der Waals surface area contributed by atoms with Gasteiger partial charge in [-0.05, 0) is 89.8 Å². The van der Waals surface area contributed by atoms with E-state index in [-0.39, 0.29) is 81.1 Å². The summed E-state index contributed by atoms with van der Waals surface area (Å²) >= 11 is 9.46. The number of hydrogen-bond acceptors (Lipinski definition) is 7. The number of allylic oxidation sites excluding steroid dienone is 6. The van der Waals surface area contributed by atoms with E-state index >= 15 is 0 Å². The van der Waals surface area contributed by atoms with Crippen molar-refractivity contribution in [2.45, 2.75) is 113 Å². The molecule has 4 heterocycles. The minimum Gasteiger partial charge on any atom is -0.587 e. The molecule has 1 aromatic carbocycles. The van der Waals surface area contributed by atoms with Gasteiger partial charge in [0.2, 0.25) is 17.7 Å². The van der Waals surface area contributed by atoms with Gasteiger partial charge in [0.1, 0.15) is 0 Å². The molecule has 0 spiro atoms. The zero-order valence-corrected chi connectivity index (χ0v) is 43.4. The third-order valence-electron chi connectivity index (χ3n) is 8.17. The van der Waals surface area contributed by atoms with Gasteiger partial charge >= 0.3 is 51.4 Å². The number of rotatable bonds is 7. The molecular formula is C41H63BBrIKN5O6S. The Kier molecular flexibility index (Phi) is 43.5. The van der Waals surface area contributed by atoms with Crippen LogP contribution < -0.4 is 72.7 Å². The van der Waals surface area contributed by atoms with E-state index in [0.29, 0.717) is 41.6 Å². The van der Waals surface area contributed by atoms with E-state index in [2.05, 4.69) is 92.9 Å². The van der Waals surface area contributed by atoms with Gasteiger partial charge in [0.15, 0.2) is 13.7 Å². The minimum atomic E-state index is -0.586. The number of amides is 6. The Bertz CT molecular complexity index is 1350. The largest absolute Gasteiger partial charge is 1.00 e. The Morgan fingerprint density at radius 2 is 1.09 bits per heavy atom. The number of carbonyl (C=O) groups is 6. The molecule has 3 saturated heterocycles. The normalized spacial score (nSPS) is 21.3. The summed E-state index contributed by atoms with van der Waals surface area (Å²) in [6.07, 6.45) is 16.7. The molecule has 16 heteroatoms. The number of imide groups is 1. The summed E-state index contributed by atoms with van der Waals surface area (Å²) in [6.45, 7) is 20.7. The summed E-state index contributed by atoms with van der Waals surface area (Å²) in [5.74, 6) is -0.521. The zero-order valence-electron chi connectivity index (χ0n) is 35.7. The molecule has 4 N–H and O–H groups in total. The van der Waals surface area contributed by atoms with Crippen molar-refractivity contribution < 1.29 is 80.2 Å². The minimum absolute atomic E-state index is 0. The number of benzene rings is 1. The molecule has 4 aliphatic rings. The zero-order chi connectivity index (χ0) is 43.6. The summed E-state index contributed by atoms with van der Waals surface area (Å²) in [6, 6.07) is 7.63. The smallest absolute Gasteiger partial charge is 0.587 e. The number of nitrogens with one attached hydrogen (secondary N) is 4. The predicted molar refractivity (Wildman–Crippen MR) is 248 cm³/mol. The Balaban J connectivity index is -0.000000290. The van der Waals surface area contributed by atoms with Gasteiger partial charge in [-0.2, -0.15) is 0 Å². The van der Waals surface area contributed by atoms with E-state index in [0.717, 1.165) is 31.0 Å². The fraction of sp³-hybridized carbons (Fsp3) is 0.537. The second-order valence-corrected chi connectivity index (χ2v) is 14.7. The van der Waals surface area contributed by atoms with Gasteiger partial charge in [0.25, 0.3) is 0 Å². The average Bonchev–Trinajstić information content (AvgIpc) is 3.44. The van der Waals surface area contributed by atoms with Gasteiger partial charge < -0.3 is 36.2 Å². The van der Waals surface area contributed by atoms with Crippen LogP contribution in [0.15, 0.2) is 60.7 Å². The number of carbonyl (C=O) groups excluding carboxylic acids is 6. The van der Waals surface area contributed by atoms with Gasteiger partial charge in [0, 0.05) is 44.5 Å². The van der Waals surface area contributed by atoms with E-state index in [9.17, 15) is 28.8 Å². The molecule has 0 aliphatic carbocycles. The molecule has 312 valence electrons. The van der Waals surface area contributed by atoms with Gasteiger partial charge in [-0.1, -0.05) is 117 Å². The Hall–Kier alpha value is -1.54. The average molecular weight is 1010 g/mol. The van der Waals surface area contributed by atoms with Crippen LogP contribution in [0.4, 0.5) is 4.79 Å². The van der Waals surface area contributed by atoms with Crippen molar-refractivity contribution in [3.05, 3.63) is 77.2 Å². The van der Waals surface area contributed by atoms with Crippen LogP contribution in [-0.4, -0.2) is 76.6 Å². The molecular weight excluding hydrogens is 947 g/mol. The number of halogens is 2. The van der Waals surface area contributed by atoms with Crippen molar-refractivity contribution in [2.75, 3.05) is 11.9 Å². The third-order valence-corrected chi connectivity index (χ3v) is 8.54. The number of β-lactam (4-membered cyclic amide) rings is 3. The molecule has 5 rings (SSSR count). The second kappa shape index (κ2) is 39.9. The first-order chi connectivity index (χ1) is 26.6. The van der Waals surface area contributed by atoms with Crippen LogP contribution in [0.3, 0.4) is 0 Å². The molecule has 1 aromatic rings. The third kappa shape index (κ3) is 28.5. The van der Waals surface area contributed by atoms with Gasteiger partial charge in [0.05, 0.1) is 29.6 Å². The maximum atomic E-state index is 10.9. The summed E-state index contributed by atoms with van der Waals surface area (Å²) in [5.41, 5.74) is 0.829. The van der Waals surface area contributed by atoms with Crippen LogP contribution in [0.25, 0.3) is 5.32 Å². The fourth-order valence-electron chi connectivity index (χ4n) is 4.88. The topological polar surface area (TPSA) is 165 Å². The summed E-state index contributed by atoms with van der Waals surface area (Å²) < 4.78 is 1.55. The standard InChI is InChI=1S/C8H5NO2.C6H9BN2O2.2C6H11NO.2C5H10.C4H7Br.CHIS.K/c10-7-5-3-1-2-4-6(5)8(11)9-7;1-3-4(5(10)9-3)2-8-6(7)11;2*1-3-5-4(2)7-6(5)8;2*1-3-5-4-2;1-2-3-4-5;2-1-3;/h1-4H,(H,9,10,11);3-4H,2H2,1H3,(H,8,11)(H,9,10);2*4-5H,3H2,1-2H3,(H,7,8);2*3,5H,4H2,1-2H3;2-3H,4H2,1H3;1H;/q;;;;;;;;+1/p-1/b;;;;2*5-3+;3-2+;;/t;3-,4-;2*4-,5-;;;;;/m.111...../s1. The number of hydrogen-bond donors (Lipinski definition) is 4. The Labute approximate surface area is 413 Å². The molecule has 2 radical (unpaired) electrons. The summed E-state index contributed by atoms with van der Waals surface area (Å²) in [4.78, 5) is 63.9. The number of nitrogens with zero attached hydrogens (tertiary/aromatic N) is 1. The number of alkyl halides is 1. The molecule has 0 bridgehead atoms. The van der Waals surface area contributed by atoms with Crippen molar-refractivity contribution >= 4 is 97.3 Å². The number of thiocarbonyl (C=S) groups is 1. The van der Waals surface area contributed by atoms with E-state index in [1.54, 1.807) is 27.6 Å². The van der Waals surface area contributed by atoms with Crippen molar-refractivity contribution in [3.8, 4) is 0 Å². The van der Waals surface area contributed by atoms with Crippen LogP contribution in [0.5, 0.6) is 0 Å². The van der Waals surface area contributed by atoms with Crippen LogP contribution in [0.2, 0.25) is 0 Å². The molecule has 57 heavy (non-hydrogen) atoms. The van der Waals surface area contributed by atoms with Gasteiger partial charge in [-0.15, -0.1) is 0 Å². The first-order valence-corrected chi connectivity index (χ1v) is 21.7. The second-order valence-electron chi connectivity index (χ2n) is 12.3. The summed E-state index contributed by atoms with van der Waals surface area (Å²) in [7, 11) is 4.83. The Morgan fingerprint density at radius 1 is 0.754 bits per heavy atom. The van der Waals surface area contributed by atoms with Crippen molar-refractivity contribution in [1.29, 1.82) is 0 Å². The molecule has 0 unspecified atom stereocenters. The predicted octanol–water partition coefficient (Wildman–Crippen LogP) is 5.70. The first-order valence-electron chi connectivity index (χ1n) is 18.8. The molecule has 11 nitrogen and oxygen atoms in total. The van der Waals surface area contributed by atoms with Crippen molar-refractivity contribution in [1.82, 2.24) is 21.3 Å². The Morgan fingerprint density at radius 3 is 1.25 bits per heavy atom. The number of fused-ring (bicyclic) bond motifs is 1. The molecule has 0 saturated carbocycles. The van der Waals surface area contributed by atoms with Crippen molar-refractivity contribution in [3.63, 3.8) is 0 Å². The summed E-state index contributed by atoms with van der Waals surface area (Å²) in [5, 5.41) is 14.8. The fourth-order valence-corrected chi connectivity index (χ4v) is 5.25. The monoisotopic (exact) mass is 1010 g/mol. The first kappa shape index (κ1) is 62.1. The van der Waals surface area contributed by atoms with E-state index in [1.807, 2.05) is 90.1 Å². The molecule has 3 fully saturated rings. The molecule has 4 aliphatic heterocycles. The van der Waals surface area contributed by atoms with Gasteiger partial charge in [-0.25, -0.2) is 0 Å². The maximum Gasteiger partial charge on any atom is 1.00 e. The van der Waals surface area contributed by atoms with Crippen LogP contribution in [-0.2, 0) is 14.4 Å². The molecule has 6 atom stereocenters. The van der Waals surface area contributed by atoms with Crippen molar-refractivity contribution in [2.24, 2.45) is 17.8 Å². The van der Waals surface area contributed by atoms with Crippen LogP contribution in [0.1, 0.15) is 116 Å².